The molecule has 0 radical (unpaired) electrons. The molecule has 1 heterocycles. The van der Waals surface area contributed by atoms with Crippen LogP contribution >= 0.6 is 0 Å². The highest BCUT2D eigenvalue weighted by molar-refractivity contribution is 5.54. The maximum absolute atomic E-state index is 11.0. The highest BCUT2D eigenvalue weighted by Crippen LogP contribution is 2.30. The molecular weight excluding hydrogens is 246 g/mol. The second kappa shape index (κ2) is 5.56. The van der Waals surface area contributed by atoms with Gasteiger partial charge in [-0.05, 0) is 35.2 Å². The molecule has 1 aromatic rings. The van der Waals surface area contributed by atoms with Crippen molar-refractivity contribution in [2.45, 2.75) is 38.6 Å². The monoisotopic (exact) mass is 267 g/mol. The van der Waals surface area contributed by atoms with Crippen molar-refractivity contribution in [3.8, 4) is 0 Å². The third kappa shape index (κ3) is 2.70. The molecule has 1 fully saturated rings. The second-order valence-corrected chi connectivity index (χ2v) is 5.18. The number of anilines is 1. The Hall–Kier alpha value is -1.63. The lowest BCUT2D eigenvalue weighted by Gasteiger charge is -2.31. The molecule has 1 aliphatic rings. The topological polar surface area (TPSA) is 99.0 Å². The summed E-state index contributed by atoms with van der Waals surface area (Å²) in [7, 11) is 1.79. The first-order valence-electron chi connectivity index (χ1n) is 6.69. The molecule has 0 aromatic carbocycles. The molecule has 0 spiro atoms. The number of imidazole rings is 1. The number of aromatic nitrogens is 2. The Morgan fingerprint density at radius 2 is 2.21 bits per heavy atom. The Bertz CT molecular complexity index is 471. The number of hydrogen-bond donors (Lipinski definition) is 2. The molecule has 3 N–H and O–H groups in total. The predicted octanol–water partition coefficient (Wildman–Crippen LogP) is 1.57. The molecule has 2 atom stereocenters. The molecule has 2 unspecified atom stereocenters. The molecule has 0 saturated heterocycles. The minimum absolute atomic E-state index is 0.0960. The van der Waals surface area contributed by atoms with Gasteiger partial charge in [-0.25, -0.2) is 0 Å². The van der Waals surface area contributed by atoms with Crippen LogP contribution in [0.3, 0.4) is 0 Å². The van der Waals surface area contributed by atoms with Crippen LogP contribution in [0.15, 0.2) is 0 Å². The third-order valence-electron chi connectivity index (χ3n) is 4.01. The zero-order valence-corrected chi connectivity index (χ0v) is 11.4. The van der Waals surface area contributed by atoms with Crippen LogP contribution in [-0.2, 0) is 7.05 Å². The maximum atomic E-state index is 11.0. The molecule has 19 heavy (non-hydrogen) atoms. The standard InChI is InChI=1S/C12H21N5O2/c1-8-14-12(17(18)19)11(16(8)2)15-10-6-4-3-5-9(10)7-13/h9-10,15H,3-7,13H2,1-2H3. The van der Waals surface area contributed by atoms with E-state index in [-0.39, 0.29) is 11.9 Å². The van der Waals surface area contributed by atoms with Crippen molar-refractivity contribution in [3.63, 3.8) is 0 Å². The van der Waals surface area contributed by atoms with Gasteiger partial charge in [0.05, 0.1) is 0 Å². The van der Waals surface area contributed by atoms with E-state index in [1.165, 1.54) is 6.42 Å². The molecule has 1 aromatic heterocycles. The molecule has 1 saturated carbocycles. The van der Waals surface area contributed by atoms with Crippen molar-refractivity contribution in [2.24, 2.45) is 18.7 Å². The third-order valence-corrected chi connectivity index (χ3v) is 4.01. The summed E-state index contributed by atoms with van der Waals surface area (Å²) in [6, 6.07) is 0.201. The molecule has 0 bridgehead atoms. The van der Waals surface area contributed by atoms with Gasteiger partial charge in [0, 0.05) is 20.0 Å². The van der Waals surface area contributed by atoms with E-state index in [0.717, 1.165) is 19.3 Å². The van der Waals surface area contributed by atoms with Gasteiger partial charge in [0.1, 0.15) is 0 Å². The molecule has 0 aliphatic heterocycles. The van der Waals surface area contributed by atoms with Crippen LogP contribution < -0.4 is 11.1 Å². The molecule has 106 valence electrons. The van der Waals surface area contributed by atoms with Gasteiger partial charge < -0.3 is 21.2 Å². The normalized spacial score (nSPS) is 23.3. The first-order chi connectivity index (χ1) is 9.04. The number of rotatable bonds is 4. The van der Waals surface area contributed by atoms with Gasteiger partial charge in [-0.3, -0.25) is 4.57 Å². The van der Waals surface area contributed by atoms with Crippen LogP contribution in [0.25, 0.3) is 0 Å². The highest BCUT2D eigenvalue weighted by Gasteiger charge is 2.30. The average Bonchev–Trinajstić information content (AvgIpc) is 2.68. The summed E-state index contributed by atoms with van der Waals surface area (Å²) in [5, 5.41) is 14.3. The first-order valence-corrected chi connectivity index (χ1v) is 6.69. The molecule has 7 nitrogen and oxygen atoms in total. The summed E-state index contributed by atoms with van der Waals surface area (Å²) in [6.07, 6.45) is 4.41. The Morgan fingerprint density at radius 3 is 2.84 bits per heavy atom. The number of nitrogens with one attached hydrogen (secondary N) is 1. The number of nitro groups is 1. The Morgan fingerprint density at radius 1 is 1.53 bits per heavy atom. The van der Waals surface area contributed by atoms with Crippen molar-refractivity contribution in [3.05, 3.63) is 15.9 Å². The van der Waals surface area contributed by atoms with Crippen LogP contribution in [0.4, 0.5) is 11.6 Å². The lowest BCUT2D eigenvalue weighted by molar-refractivity contribution is -0.388. The summed E-state index contributed by atoms with van der Waals surface area (Å²) in [6.45, 7) is 2.38. The summed E-state index contributed by atoms with van der Waals surface area (Å²) in [5.74, 6) is 1.41. The molecule has 0 amide bonds. The fourth-order valence-electron chi connectivity index (χ4n) is 2.74. The fraction of sp³-hybridized carbons (Fsp3) is 0.750. The highest BCUT2D eigenvalue weighted by atomic mass is 16.6. The van der Waals surface area contributed by atoms with Gasteiger partial charge in [0.2, 0.25) is 11.6 Å². The van der Waals surface area contributed by atoms with Crippen molar-refractivity contribution in [2.75, 3.05) is 11.9 Å². The number of aryl methyl sites for hydroxylation is 1. The van der Waals surface area contributed by atoms with Crippen LogP contribution in [0.2, 0.25) is 0 Å². The Balaban J connectivity index is 2.24. The summed E-state index contributed by atoms with van der Waals surface area (Å²) >= 11 is 0. The van der Waals surface area contributed by atoms with E-state index in [9.17, 15) is 10.1 Å². The predicted molar refractivity (Wildman–Crippen MR) is 73.0 cm³/mol. The maximum Gasteiger partial charge on any atom is 0.406 e. The second-order valence-electron chi connectivity index (χ2n) is 5.18. The van der Waals surface area contributed by atoms with Gasteiger partial charge in [0.25, 0.3) is 0 Å². The number of nitrogens with zero attached hydrogens (tertiary/aromatic N) is 3. The molecule has 7 heteroatoms. The zero-order chi connectivity index (χ0) is 14.0. The zero-order valence-electron chi connectivity index (χ0n) is 11.4. The molecular formula is C12H21N5O2. The van der Waals surface area contributed by atoms with Crippen molar-refractivity contribution in [1.82, 2.24) is 9.55 Å². The summed E-state index contributed by atoms with van der Waals surface area (Å²) in [4.78, 5) is 14.6. The largest absolute Gasteiger partial charge is 0.406 e. The van der Waals surface area contributed by atoms with E-state index in [2.05, 4.69) is 10.3 Å². The van der Waals surface area contributed by atoms with E-state index in [4.69, 9.17) is 5.73 Å². The quantitative estimate of drug-likeness (QED) is 0.637. The van der Waals surface area contributed by atoms with Gasteiger partial charge >= 0.3 is 5.82 Å². The molecule has 1 aliphatic carbocycles. The van der Waals surface area contributed by atoms with E-state index in [1.807, 2.05) is 0 Å². The van der Waals surface area contributed by atoms with Crippen LogP contribution in [0.5, 0.6) is 0 Å². The van der Waals surface area contributed by atoms with Crippen molar-refractivity contribution in [1.29, 1.82) is 0 Å². The van der Waals surface area contributed by atoms with Gasteiger partial charge in [-0.1, -0.05) is 12.8 Å². The first kappa shape index (κ1) is 13.8. The minimum atomic E-state index is -0.435. The van der Waals surface area contributed by atoms with Gasteiger partial charge in [-0.15, -0.1) is 0 Å². The van der Waals surface area contributed by atoms with Crippen LogP contribution in [-0.4, -0.2) is 27.1 Å². The summed E-state index contributed by atoms with van der Waals surface area (Å²) in [5.41, 5.74) is 5.79. The van der Waals surface area contributed by atoms with Crippen LogP contribution in [0.1, 0.15) is 31.5 Å². The van der Waals surface area contributed by atoms with E-state index >= 15 is 0 Å². The smallest absolute Gasteiger partial charge is 0.361 e. The molecule has 2 rings (SSSR count). The number of nitrogens with two attached hydrogens (primary N) is 1. The Kier molecular flexibility index (Phi) is 4.04. The van der Waals surface area contributed by atoms with E-state index in [1.54, 1.807) is 18.5 Å². The van der Waals surface area contributed by atoms with E-state index < -0.39 is 4.92 Å². The van der Waals surface area contributed by atoms with E-state index in [0.29, 0.717) is 24.1 Å². The van der Waals surface area contributed by atoms with Crippen LogP contribution in [0, 0.1) is 23.0 Å². The number of hydrogen-bond acceptors (Lipinski definition) is 5. The average molecular weight is 267 g/mol. The minimum Gasteiger partial charge on any atom is -0.361 e. The fourth-order valence-corrected chi connectivity index (χ4v) is 2.74. The van der Waals surface area contributed by atoms with Gasteiger partial charge in [0.15, 0.2) is 0 Å². The lowest BCUT2D eigenvalue weighted by atomic mass is 9.84. The lowest BCUT2D eigenvalue weighted by Crippen LogP contribution is -2.37. The van der Waals surface area contributed by atoms with Gasteiger partial charge in [-0.2, -0.15) is 0 Å². The SMILES string of the molecule is Cc1nc([N+](=O)[O-])c(NC2CCCCC2CN)n1C. The Labute approximate surface area is 112 Å². The van der Waals surface area contributed by atoms with Crippen molar-refractivity contribution >= 4 is 11.6 Å². The van der Waals surface area contributed by atoms with Crippen molar-refractivity contribution < 1.29 is 4.92 Å². The summed E-state index contributed by atoms with van der Waals surface area (Å²) < 4.78 is 1.74.